The van der Waals surface area contributed by atoms with Gasteiger partial charge >= 0.3 is 0 Å². The highest BCUT2D eigenvalue weighted by Crippen LogP contribution is 2.50. The average molecular weight is 365 g/mol. The van der Waals surface area contributed by atoms with Crippen molar-refractivity contribution in [1.82, 2.24) is 4.98 Å². The van der Waals surface area contributed by atoms with Gasteiger partial charge in [-0.25, -0.2) is 0 Å². The molecular formula is C25H29B2N. The zero-order valence-electron chi connectivity index (χ0n) is 17.5. The number of rotatable bonds is 5. The summed E-state index contributed by atoms with van der Waals surface area (Å²) in [5.74, 6) is 2.49. The van der Waals surface area contributed by atoms with Crippen LogP contribution in [0, 0.1) is 17.8 Å². The van der Waals surface area contributed by atoms with Crippen LogP contribution in [-0.4, -0.2) is 20.7 Å². The van der Waals surface area contributed by atoms with Crippen LogP contribution in [0.1, 0.15) is 32.3 Å². The van der Waals surface area contributed by atoms with Crippen molar-refractivity contribution in [3.63, 3.8) is 0 Å². The molecule has 1 aliphatic carbocycles. The molecule has 1 fully saturated rings. The molecule has 140 valence electrons. The Labute approximate surface area is 171 Å². The van der Waals surface area contributed by atoms with Crippen LogP contribution in [-0.2, 0) is 5.21 Å². The van der Waals surface area contributed by atoms with Crippen LogP contribution >= 0.6 is 0 Å². The number of hydrogen-bond acceptors (Lipinski definition) is 1. The van der Waals surface area contributed by atoms with Crippen LogP contribution in [0.15, 0.2) is 72.9 Å². The summed E-state index contributed by atoms with van der Waals surface area (Å²) in [5, 5.41) is 0.228. The molecular weight excluding hydrogens is 336 g/mol. The summed E-state index contributed by atoms with van der Waals surface area (Å²) >= 11 is 0. The van der Waals surface area contributed by atoms with Crippen LogP contribution in [0.4, 0.5) is 0 Å². The summed E-state index contributed by atoms with van der Waals surface area (Å²) in [5.41, 5.74) is 6.05. The summed E-state index contributed by atoms with van der Waals surface area (Å²) < 4.78 is 0. The van der Waals surface area contributed by atoms with Gasteiger partial charge < -0.3 is 0 Å². The highest BCUT2D eigenvalue weighted by atomic mass is 14.7. The highest BCUT2D eigenvalue weighted by Gasteiger charge is 2.46. The lowest BCUT2D eigenvalue weighted by molar-refractivity contribution is 0.0650. The molecule has 3 atom stereocenters. The second-order valence-corrected chi connectivity index (χ2v) is 9.00. The van der Waals surface area contributed by atoms with Gasteiger partial charge in [0, 0.05) is 17.3 Å². The van der Waals surface area contributed by atoms with E-state index in [4.69, 9.17) is 0 Å². The van der Waals surface area contributed by atoms with Crippen molar-refractivity contribution in [2.45, 2.75) is 31.9 Å². The van der Waals surface area contributed by atoms with Gasteiger partial charge in [-0.1, -0.05) is 91.7 Å². The lowest BCUT2D eigenvalue weighted by atomic mass is 9.37. The second kappa shape index (κ2) is 7.62. The Morgan fingerprint density at radius 1 is 0.893 bits per heavy atom. The van der Waals surface area contributed by atoms with Crippen molar-refractivity contribution in [2.24, 2.45) is 17.8 Å². The molecule has 0 N–H and O–H groups in total. The van der Waals surface area contributed by atoms with E-state index in [9.17, 15) is 0 Å². The van der Waals surface area contributed by atoms with Crippen molar-refractivity contribution in [3.05, 3.63) is 78.5 Å². The zero-order valence-corrected chi connectivity index (χ0v) is 17.5. The molecule has 0 bridgehead atoms. The van der Waals surface area contributed by atoms with Crippen molar-refractivity contribution >= 4 is 15.7 Å². The molecule has 4 rings (SSSR count). The second-order valence-electron chi connectivity index (χ2n) is 9.00. The number of aromatic nitrogens is 1. The predicted octanol–water partition coefficient (Wildman–Crippen LogP) is 4.52. The highest BCUT2D eigenvalue weighted by molar-refractivity contribution is 6.40. The largest absolute Gasteiger partial charge is 0.256 e. The van der Waals surface area contributed by atoms with E-state index < -0.39 is 0 Å². The quantitative estimate of drug-likeness (QED) is 0.606. The van der Waals surface area contributed by atoms with E-state index in [-0.39, 0.29) is 5.21 Å². The van der Waals surface area contributed by atoms with E-state index in [1.807, 2.05) is 12.3 Å². The third kappa shape index (κ3) is 3.43. The monoisotopic (exact) mass is 365 g/mol. The first-order valence-electron chi connectivity index (χ1n) is 10.6. The number of benzene rings is 2. The van der Waals surface area contributed by atoms with Gasteiger partial charge in [0.15, 0.2) is 0 Å². The van der Waals surface area contributed by atoms with Gasteiger partial charge in [0.05, 0.1) is 5.69 Å². The summed E-state index contributed by atoms with van der Waals surface area (Å²) in [6.45, 7) is 4.77. The van der Waals surface area contributed by atoms with Gasteiger partial charge in [0.25, 0.3) is 0 Å². The van der Waals surface area contributed by atoms with Crippen molar-refractivity contribution < 1.29 is 0 Å². The molecule has 1 heterocycles. The molecule has 28 heavy (non-hydrogen) atoms. The minimum atomic E-state index is 0.228. The van der Waals surface area contributed by atoms with Gasteiger partial charge in [0.1, 0.15) is 15.7 Å². The zero-order chi connectivity index (χ0) is 19.7. The fourth-order valence-corrected chi connectivity index (χ4v) is 5.39. The van der Waals surface area contributed by atoms with E-state index in [1.165, 1.54) is 29.5 Å². The first kappa shape index (κ1) is 19.1. The number of pyridine rings is 1. The smallest absolute Gasteiger partial charge is 0.105 e. The normalized spacial score (nSPS) is 21.9. The van der Waals surface area contributed by atoms with Crippen molar-refractivity contribution in [1.29, 1.82) is 0 Å². The average Bonchev–Trinajstić information content (AvgIpc) is 2.72. The van der Waals surface area contributed by atoms with Gasteiger partial charge in [-0.15, -0.1) is 0 Å². The summed E-state index contributed by atoms with van der Waals surface area (Å²) in [6, 6.07) is 23.8. The Hall–Kier alpha value is -2.28. The summed E-state index contributed by atoms with van der Waals surface area (Å²) in [7, 11) is 4.86. The molecule has 2 aromatic carbocycles. The Kier molecular flexibility index (Phi) is 5.19. The molecule has 3 unspecified atom stereocenters. The first-order valence-corrected chi connectivity index (χ1v) is 10.6. The minimum Gasteiger partial charge on any atom is -0.256 e. The van der Waals surface area contributed by atoms with Crippen LogP contribution in [0.3, 0.4) is 0 Å². The lowest BCUT2D eigenvalue weighted by Crippen LogP contribution is -2.50. The van der Waals surface area contributed by atoms with Gasteiger partial charge in [0.2, 0.25) is 0 Å². The van der Waals surface area contributed by atoms with Crippen LogP contribution < -0.4 is 0 Å². The van der Waals surface area contributed by atoms with Crippen LogP contribution in [0.5, 0.6) is 0 Å². The molecule has 0 spiro atoms. The molecule has 0 aliphatic heterocycles. The Bertz CT molecular complexity index is 917. The molecule has 3 heteroatoms. The standard InChI is InChI=1S/C25H29B2N/c1-3-18-15-17(2)24(18)25(26,27)22-12-9-19(10-13-22)21-11-14-23(28-16-21)20-7-5-4-6-8-20/h4-14,16-18,24H,3,15,26-27H2,1-2H3. The SMILES string of the molecule is BC(B)(c1ccc(-c2ccc(-c3ccccc3)nc2)cc1)C1C(C)CC1CC. The van der Waals surface area contributed by atoms with E-state index in [1.54, 1.807) is 0 Å². The lowest BCUT2D eigenvalue weighted by Gasteiger charge is -2.52. The van der Waals surface area contributed by atoms with Crippen LogP contribution in [0.25, 0.3) is 22.4 Å². The fraction of sp³-hybridized carbons (Fsp3) is 0.320. The summed E-state index contributed by atoms with van der Waals surface area (Å²) in [4.78, 5) is 4.68. The van der Waals surface area contributed by atoms with E-state index >= 15 is 0 Å². The number of nitrogens with zero attached hydrogens (tertiary/aromatic N) is 1. The third-order valence-electron chi connectivity index (χ3n) is 6.95. The molecule has 0 amide bonds. The molecule has 1 aromatic heterocycles. The summed E-state index contributed by atoms with van der Waals surface area (Å²) in [6.07, 6.45) is 4.68. The molecule has 1 aliphatic rings. The number of hydrogen-bond donors (Lipinski definition) is 0. The van der Waals surface area contributed by atoms with Gasteiger partial charge in [-0.3, -0.25) is 4.98 Å². The van der Waals surface area contributed by atoms with E-state index in [2.05, 4.69) is 95.2 Å². The molecule has 1 nitrogen and oxygen atoms in total. The molecule has 3 aromatic rings. The van der Waals surface area contributed by atoms with E-state index in [0.29, 0.717) is 0 Å². The van der Waals surface area contributed by atoms with Gasteiger partial charge in [-0.2, -0.15) is 0 Å². The van der Waals surface area contributed by atoms with Crippen molar-refractivity contribution in [2.75, 3.05) is 0 Å². The Morgan fingerprint density at radius 3 is 2.14 bits per heavy atom. The molecule has 1 saturated carbocycles. The topological polar surface area (TPSA) is 12.9 Å². The molecule has 0 radical (unpaired) electrons. The van der Waals surface area contributed by atoms with Gasteiger partial charge in [-0.05, 0) is 35.8 Å². The maximum atomic E-state index is 4.68. The minimum absolute atomic E-state index is 0.228. The fourth-order valence-electron chi connectivity index (χ4n) is 5.39. The Balaban J connectivity index is 1.55. The maximum Gasteiger partial charge on any atom is 0.105 e. The van der Waals surface area contributed by atoms with Crippen LogP contribution in [0.2, 0.25) is 0 Å². The van der Waals surface area contributed by atoms with Crippen molar-refractivity contribution in [3.8, 4) is 22.4 Å². The Morgan fingerprint density at radius 2 is 1.57 bits per heavy atom. The predicted molar refractivity (Wildman–Crippen MR) is 125 cm³/mol. The maximum absolute atomic E-state index is 4.68. The van der Waals surface area contributed by atoms with E-state index in [0.717, 1.165) is 29.0 Å². The third-order valence-corrected chi connectivity index (χ3v) is 6.95. The molecule has 0 saturated heterocycles. The first-order chi connectivity index (χ1) is 13.5.